The molecule has 0 spiro atoms. The molecule has 1 aliphatic rings. The highest BCUT2D eigenvalue weighted by Gasteiger charge is 2.19. The number of hydrogen-bond acceptors (Lipinski definition) is 4. The Bertz CT molecular complexity index is 334. The Morgan fingerprint density at radius 2 is 2.29 bits per heavy atom. The van der Waals surface area contributed by atoms with E-state index in [0.717, 1.165) is 24.5 Å². The van der Waals surface area contributed by atoms with E-state index >= 15 is 0 Å². The van der Waals surface area contributed by atoms with Crippen molar-refractivity contribution in [3.8, 4) is 0 Å². The third-order valence-corrected chi connectivity index (χ3v) is 2.33. The summed E-state index contributed by atoms with van der Waals surface area (Å²) in [6.45, 7) is 4.07. The highest BCUT2D eigenvalue weighted by atomic mass is 16.1. The van der Waals surface area contributed by atoms with E-state index < -0.39 is 0 Å². The highest BCUT2D eigenvalue weighted by molar-refractivity contribution is 5.82. The SMILES string of the molecule is Cc1cnc(CN2CCC(=O)C2)cn1. The van der Waals surface area contributed by atoms with Crippen LogP contribution in [0.1, 0.15) is 17.8 Å². The molecule has 14 heavy (non-hydrogen) atoms. The lowest BCUT2D eigenvalue weighted by atomic mass is 10.4. The lowest BCUT2D eigenvalue weighted by Crippen LogP contribution is -2.20. The number of carbonyl (C=O) groups is 1. The normalized spacial score (nSPS) is 17.6. The van der Waals surface area contributed by atoms with Crippen LogP contribution in [0.5, 0.6) is 0 Å². The average Bonchev–Trinajstić information content (AvgIpc) is 2.56. The van der Waals surface area contributed by atoms with E-state index in [1.165, 1.54) is 0 Å². The summed E-state index contributed by atoms with van der Waals surface area (Å²) in [4.78, 5) is 21.5. The van der Waals surface area contributed by atoms with Gasteiger partial charge in [0.1, 0.15) is 5.78 Å². The molecule has 0 radical (unpaired) electrons. The molecule has 0 N–H and O–H groups in total. The van der Waals surface area contributed by atoms with Crippen LogP contribution in [0.2, 0.25) is 0 Å². The Morgan fingerprint density at radius 3 is 2.86 bits per heavy atom. The molecule has 2 heterocycles. The topological polar surface area (TPSA) is 46.1 Å². The van der Waals surface area contributed by atoms with Crippen molar-refractivity contribution in [1.82, 2.24) is 14.9 Å². The van der Waals surface area contributed by atoms with Crippen LogP contribution in [0.15, 0.2) is 12.4 Å². The number of aromatic nitrogens is 2. The number of likely N-dealkylation sites (tertiary alicyclic amines) is 1. The smallest absolute Gasteiger partial charge is 0.148 e. The van der Waals surface area contributed by atoms with Crippen molar-refractivity contribution in [2.75, 3.05) is 13.1 Å². The Kier molecular flexibility index (Phi) is 2.54. The molecule has 1 fully saturated rings. The van der Waals surface area contributed by atoms with E-state index in [4.69, 9.17) is 0 Å². The first-order valence-electron chi connectivity index (χ1n) is 4.75. The van der Waals surface area contributed by atoms with Gasteiger partial charge >= 0.3 is 0 Å². The third kappa shape index (κ3) is 2.14. The van der Waals surface area contributed by atoms with Crippen molar-refractivity contribution >= 4 is 5.78 Å². The summed E-state index contributed by atoms with van der Waals surface area (Å²) < 4.78 is 0. The van der Waals surface area contributed by atoms with Gasteiger partial charge in [-0.25, -0.2) is 0 Å². The van der Waals surface area contributed by atoms with E-state index in [-0.39, 0.29) is 0 Å². The molecule has 0 amide bonds. The average molecular weight is 191 g/mol. The van der Waals surface area contributed by atoms with Crippen LogP contribution < -0.4 is 0 Å². The molecule has 0 aliphatic carbocycles. The highest BCUT2D eigenvalue weighted by Crippen LogP contribution is 2.08. The van der Waals surface area contributed by atoms with Gasteiger partial charge in [-0.05, 0) is 6.92 Å². The van der Waals surface area contributed by atoms with E-state index in [0.29, 0.717) is 18.7 Å². The molecule has 0 bridgehead atoms. The summed E-state index contributed by atoms with van der Waals surface area (Å²) in [5.74, 6) is 0.324. The van der Waals surface area contributed by atoms with E-state index in [1.807, 2.05) is 6.92 Å². The molecule has 0 aromatic carbocycles. The van der Waals surface area contributed by atoms with Crippen LogP contribution in [0.4, 0.5) is 0 Å². The van der Waals surface area contributed by atoms with Crippen LogP contribution in [0, 0.1) is 6.92 Å². The molecule has 74 valence electrons. The fourth-order valence-electron chi connectivity index (χ4n) is 1.56. The van der Waals surface area contributed by atoms with Gasteiger partial charge in [0, 0.05) is 31.9 Å². The first-order chi connectivity index (χ1) is 6.74. The molecule has 4 heteroatoms. The second kappa shape index (κ2) is 3.84. The van der Waals surface area contributed by atoms with Crippen molar-refractivity contribution in [2.45, 2.75) is 19.9 Å². The standard InChI is InChI=1S/C10H13N3O/c1-8-4-12-9(5-11-8)6-13-3-2-10(14)7-13/h4-5H,2-3,6-7H2,1H3. The van der Waals surface area contributed by atoms with Gasteiger partial charge in [0.25, 0.3) is 0 Å². The molecule has 0 unspecified atom stereocenters. The molecule has 1 saturated heterocycles. The molecular weight excluding hydrogens is 178 g/mol. The maximum atomic E-state index is 11.0. The first kappa shape index (κ1) is 9.27. The van der Waals surface area contributed by atoms with Crippen LogP contribution in [0.3, 0.4) is 0 Å². The van der Waals surface area contributed by atoms with Gasteiger partial charge in [0.2, 0.25) is 0 Å². The Balaban J connectivity index is 1.97. The lowest BCUT2D eigenvalue weighted by Gasteiger charge is -2.12. The second-order valence-corrected chi connectivity index (χ2v) is 3.65. The van der Waals surface area contributed by atoms with Crippen molar-refractivity contribution in [3.63, 3.8) is 0 Å². The van der Waals surface area contributed by atoms with Crippen molar-refractivity contribution in [3.05, 3.63) is 23.8 Å². The third-order valence-electron chi connectivity index (χ3n) is 2.33. The molecule has 0 saturated carbocycles. The van der Waals surface area contributed by atoms with Crippen LogP contribution in [-0.2, 0) is 11.3 Å². The van der Waals surface area contributed by atoms with E-state index in [9.17, 15) is 4.79 Å². The predicted molar refractivity (Wildman–Crippen MR) is 51.7 cm³/mol. The summed E-state index contributed by atoms with van der Waals surface area (Å²) >= 11 is 0. The summed E-state index contributed by atoms with van der Waals surface area (Å²) in [7, 11) is 0. The van der Waals surface area contributed by atoms with E-state index in [2.05, 4.69) is 14.9 Å². The lowest BCUT2D eigenvalue weighted by molar-refractivity contribution is -0.116. The maximum absolute atomic E-state index is 11.0. The van der Waals surface area contributed by atoms with Gasteiger partial charge in [0.15, 0.2) is 0 Å². The number of nitrogens with zero attached hydrogens (tertiary/aromatic N) is 3. The minimum atomic E-state index is 0.324. The predicted octanol–water partition coefficient (Wildman–Crippen LogP) is 0.560. The van der Waals surface area contributed by atoms with Gasteiger partial charge in [-0.3, -0.25) is 19.7 Å². The monoisotopic (exact) mass is 191 g/mol. The Morgan fingerprint density at radius 1 is 1.43 bits per heavy atom. The number of ketones is 1. The molecule has 1 aliphatic heterocycles. The van der Waals surface area contributed by atoms with Gasteiger partial charge in [-0.15, -0.1) is 0 Å². The van der Waals surface area contributed by atoms with Crippen LogP contribution in [0.25, 0.3) is 0 Å². The molecule has 1 aromatic heterocycles. The zero-order valence-electron chi connectivity index (χ0n) is 8.23. The number of aryl methyl sites for hydroxylation is 1. The molecule has 2 rings (SSSR count). The quantitative estimate of drug-likeness (QED) is 0.685. The fourth-order valence-corrected chi connectivity index (χ4v) is 1.56. The zero-order chi connectivity index (χ0) is 9.97. The van der Waals surface area contributed by atoms with Crippen molar-refractivity contribution in [1.29, 1.82) is 0 Å². The van der Waals surface area contributed by atoms with Gasteiger partial charge < -0.3 is 0 Å². The Labute approximate surface area is 83.0 Å². The largest absolute Gasteiger partial charge is 0.298 e. The molecule has 1 aromatic rings. The first-order valence-corrected chi connectivity index (χ1v) is 4.75. The fraction of sp³-hybridized carbons (Fsp3) is 0.500. The number of hydrogen-bond donors (Lipinski definition) is 0. The zero-order valence-corrected chi connectivity index (χ0v) is 8.23. The van der Waals surface area contributed by atoms with Gasteiger partial charge in [-0.2, -0.15) is 0 Å². The Hall–Kier alpha value is -1.29. The summed E-state index contributed by atoms with van der Waals surface area (Å²) in [5, 5.41) is 0. The van der Waals surface area contributed by atoms with Crippen LogP contribution in [-0.4, -0.2) is 33.7 Å². The summed E-state index contributed by atoms with van der Waals surface area (Å²) in [5.41, 5.74) is 1.86. The number of rotatable bonds is 2. The number of Topliss-reactive ketones (excluding diaryl/α,β-unsaturated/α-hetero) is 1. The van der Waals surface area contributed by atoms with Gasteiger partial charge in [0.05, 0.1) is 17.9 Å². The molecular formula is C10H13N3O. The molecule has 4 nitrogen and oxygen atoms in total. The van der Waals surface area contributed by atoms with Crippen LogP contribution >= 0.6 is 0 Å². The minimum absolute atomic E-state index is 0.324. The number of carbonyl (C=O) groups excluding carboxylic acids is 1. The summed E-state index contributed by atoms with van der Waals surface area (Å²) in [6, 6.07) is 0. The maximum Gasteiger partial charge on any atom is 0.148 e. The summed E-state index contributed by atoms with van der Waals surface area (Å²) in [6.07, 6.45) is 4.21. The van der Waals surface area contributed by atoms with E-state index in [1.54, 1.807) is 12.4 Å². The van der Waals surface area contributed by atoms with Crippen molar-refractivity contribution in [2.24, 2.45) is 0 Å². The van der Waals surface area contributed by atoms with Gasteiger partial charge in [-0.1, -0.05) is 0 Å². The molecule has 0 atom stereocenters. The minimum Gasteiger partial charge on any atom is -0.298 e. The second-order valence-electron chi connectivity index (χ2n) is 3.65. The van der Waals surface area contributed by atoms with Crippen molar-refractivity contribution < 1.29 is 4.79 Å².